The molecule has 6 heteroatoms. The first-order valence-corrected chi connectivity index (χ1v) is 7.65. The molecule has 1 heterocycles. The minimum absolute atomic E-state index is 0.0978. The highest BCUT2D eigenvalue weighted by Gasteiger charge is 2.47. The van der Waals surface area contributed by atoms with Crippen molar-refractivity contribution in [2.75, 3.05) is 0 Å². The number of alkyl halides is 3. The van der Waals surface area contributed by atoms with Gasteiger partial charge in [-0.15, -0.1) is 0 Å². The Labute approximate surface area is 142 Å². The first-order valence-electron chi connectivity index (χ1n) is 7.65. The van der Waals surface area contributed by atoms with Crippen molar-refractivity contribution >= 4 is 5.78 Å². The van der Waals surface area contributed by atoms with E-state index in [1.54, 1.807) is 18.2 Å². The molecule has 0 aliphatic heterocycles. The van der Waals surface area contributed by atoms with E-state index in [4.69, 9.17) is 0 Å². The summed E-state index contributed by atoms with van der Waals surface area (Å²) < 4.78 is 42.2. The number of carbonyl (C=O) groups is 1. The van der Waals surface area contributed by atoms with E-state index in [-0.39, 0.29) is 11.4 Å². The molecule has 128 valence electrons. The third-order valence-corrected chi connectivity index (χ3v) is 3.96. The summed E-state index contributed by atoms with van der Waals surface area (Å²) >= 11 is 0. The fourth-order valence-electron chi connectivity index (χ4n) is 2.78. The lowest BCUT2D eigenvalue weighted by Crippen LogP contribution is -2.30. The smallest absolute Gasteiger partial charge is 0.297 e. The van der Waals surface area contributed by atoms with Crippen LogP contribution in [0.4, 0.5) is 13.2 Å². The SMILES string of the molecule is Cc1ccccc1-n1ccnc1C(=O)[C@@H](c1ccccc1)C(F)(F)F. The standard InChI is InChI=1S/C19H15F3N2O/c1-13-7-5-6-10-15(13)24-12-11-23-18(24)17(25)16(19(20,21)22)14-8-3-2-4-9-14/h2-12,16H,1H3/t16-/m1/s1. The van der Waals surface area contributed by atoms with Gasteiger partial charge in [-0.3, -0.25) is 9.36 Å². The van der Waals surface area contributed by atoms with Crippen LogP contribution < -0.4 is 0 Å². The van der Waals surface area contributed by atoms with Gasteiger partial charge in [0, 0.05) is 12.4 Å². The molecule has 0 fully saturated rings. The van der Waals surface area contributed by atoms with Crippen molar-refractivity contribution in [2.24, 2.45) is 0 Å². The average molecular weight is 344 g/mol. The first-order chi connectivity index (χ1) is 11.9. The van der Waals surface area contributed by atoms with Crippen molar-refractivity contribution in [1.82, 2.24) is 9.55 Å². The van der Waals surface area contributed by atoms with Crippen molar-refractivity contribution in [3.05, 3.63) is 83.9 Å². The van der Waals surface area contributed by atoms with Gasteiger partial charge in [-0.2, -0.15) is 13.2 Å². The Kier molecular flexibility index (Phi) is 4.44. The number of ketones is 1. The van der Waals surface area contributed by atoms with Gasteiger partial charge in [0.15, 0.2) is 5.82 Å². The number of hydrogen-bond donors (Lipinski definition) is 0. The highest BCUT2D eigenvalue weighted by Crippen LogP contribution is 2.37. The van der Waals surface area contributed by atoms with Crippen LogP contribution in [-0.2, 0) is 0 Å². The topological polar surface area (TPSA) is 34.9 Å². The zero-order valence-electron chi connectivity index (χ0n) is 13.4. The lowest BCUT2D eigenvalue weighted by Gasteiger charge is -2.20. The van der Waals surface area contributed by atoms with Gasteiger partial charge in [-0.05, 0) is 24.1 Å². The number of para-hydroxylation sites is 1. The summed E-state index contributed by atoms with van der Waals surface area (Å²) in [7, 11) is 0. The van der Waals surface area contributed by atoms with Crippen LogP contribution in [0.5, 0.6) is 0 Å². The van der Waals surface area contributed by atoms with E-state index < -0.39 is 17.9 Å². The molecule has 0 bridgehead atoms. The van der Waals surface area contributed by atoms with Gasteiger partial charge >= 0.3 is 6.18 Å². The summed E-state index contributed by atoms with van der Waals surface area (Å²) in [5.74, 6) is -3.56. The quantitative estimate of drug-likeness (QED) is 0.643. The first kappa shape index (κ1) is 17.0. The van der Waals surface area contributed by atoms with Crippen molar-refractivity contribution < 1.29 is 18.0 Å². The van der Waals surface area contributed by atoms with Crippen LogP contribution in [0.1, 0.15) is 27.7 Å². The van der Waals surface area contributed by atoms with E-state index in [1.807, 2.05) is 19.1 Å². The zero-order valence-corrected chi connectivity index (χ0v) is 13.4. The Balaban J connectivity index is 2.09. The highest BCUT2D eigenvalue weighted by molar-refractivity contribution is 5.99. The molecule has 1 atom stereocenters. The van der Waals surface area contributed by atoms with Crippen LogP contribution in [0.25, 0.3) is 5.69 Å². The normalized spacial score (nSPS) is 12.8. The predicted octanol–water partition coefficient (Wildman–Crippen LogP) is 4.71. The molecule has 0 spiro atoms. The fraction of sp³-hybridized carbons (Fsp3) is 0.158. The molecule has 1 aromatic heterocycles. The molecule has 0 N–H and O–H groups in total. The summed E-state index contributed by atoms with van der Waals surface area (Å²) in [5, 5.41) is 0. The van der Waals surface area contributed by atoms with Crippen molar-refractivity contribution in [2.45, 2.75) is 19.0 Å². The van der Waals surface area contributed by atoms with Crippen LogP contribution in [-0.4, -0.2) is 21.5 Å². The van der Waals surface area contributed by atoms with Gasteiger partial charge in [0.1, 0.15) is 5.92 Å². The fourth-order valence-corrected chi connectivity index (χ4v) is 2.78. The van der Waals surface area contributed by atoms with Crippen LogP contribution >= 0.6 is 0 Å². The van der Waals surface area contributed by atoms with Crippen LogP contribution in [0, 0.1) is 6.92 Å². The average Bonchev–Trinajstić information content (AvgIpc) is 3.04. The molecular weight excluding hydrogens is 329 g/mol. The summed E-state index contributed by atoms with van der Waals surface area (Å²) in [5.41, 5.74) is 1.36. The minimum atomic E-state index is -4.71. The van der Waals surface area contributed by atoms with E-state index in [2.05, 4.69) is 4.98 Å². The lowest BCUT2D eigenvalue weighted by molar-refractivity contribution is -0.139. The molecule has 0 aliphatic rings. The highest BCUT2D eigenvalue weighted by atomic mass is 19.4. The van der Waals surface area contributed by atoms with E-state index in [9.17, 15) is 18.0 Å². The molecule has 3 aromatic rings. The van der Waals surface area contributed by atoms with Gasteiger partial charge in [0.05, 0.1) is 5.69 Å². The molecule has 3 rings (SSSR count). The molecule has 0 saturated carbocycles. The van der Waals surface area contributed by atoms with E-state index in [1.165, 1.54) is 41.2 Å². The van der Waals surface area contributed by atoms with Crippen molar-refractivity contribution in [3.8, 4) is 5.69 Å². The van der Waals surface area contributed by atoms with Gasteiger partial charge in [0.2, 0.25) is 5.78 Å². The van der Waals surface area contributed by atoms with Crippen LogP contribution in [0.2, 0.25) is 0 Å². The predicted molar refractivity (Wildman–Crippen MR) is 87.9 cm³/mol. The molecule has 3 nitrogen and oxygen atoms in total. The second kappa shape index (κ2) is 6.55. The van der Waals surface area contributed by atoms with E-state index in [0.717, 1.165) is 5.56 Å². The Morgan fingerprint density at radius 1 is 1.04 bits per heavy atom. The molecule has 0 unspecified atom stereocenters. The summed E-state index contributed by atoms with van der Waals surface area (Å²) in [6.07, 6.45) is -1.88. The van der Waals surface area contributed by atoms with Gasteiger partial charge in [-0.1, -0.05) is 48.5 Å². The Hall–Kier alpha value is -2.89. The number of nitrogens with zero attached hydrogens (tertiary/aromatic N) is 2. The number of rotatable bonds is 4. The number of carbonyl (C=O) groups excluding carboxylic acids is 1. The molecule has 25 heavy (non-hydrogen) atoms. The number of benzene rings is 2. The van der Waals surface area contributed by atoms with Gasteiger partial charge < -0.3 is 0 Å². The second-order valence-electron chi connectivity index (χ2n) is 5.66. The number of aromatic nitrogens is 2. The number of hydrogen-bond acceptors (Lipinski definition) is 2. The van der Waals surface area contributed by atoms with Crippen molar-refractivity contribution in [1.29, 1.82) is 0 Å². The molecule has 0 aliphatic carbocycles. The minimum Gasteiger partial charge on any atom is -0.297 e. The third kappa shape index (κ3) is 3.33. The van der Waals surface area contributed by atoms with E-state index >= 15 is 0 Å². The summed E-state index contributed by atoms with van der Waals surface area (Å²) in [4.78, 5) is 16.7. The number of halogens is 3. The van der Waals surface area contributed by atoms with Gasteiger partial charge in [-0.25, -0.2) is 4.98 Å². The summed E-state index contributed by atoms with van der Waals surface area (Å²) in [6, 6.07) is 14.3. The van der Waals surface area contributed by atoms with Crippen LogP contribution in [0.15, 0.2) is 67.0 Å². The lowest BCUT2D eigenvalue weighted by atomic mass is 9.93. The molecule has 0 amide bonds. The maximum atomic E-state index is 13.6. The number of aryl methyl sites for hydroxylation is 1. The largest absolute Gasteiger partial charge is 0.403 e. The Morgan fingerprint density at radius 3 is 2.32 bits per heavy atom. The second-order valence-corrected chi connectivity index (χ2v) is 5.66. The maximum Gasteiger partial charge on any atom is 0.403 e. The van der Waals surface area contributed by atoms with Crippen molar-refractivity contribution in [3.63, 3.8) is 0 Å². The zero-order chi connectivity index (χ0) is 18.0. The maximum absolute atomic E-state index is 13.6. The van der Waals surface area contributed by atoms with E-state index in [0.29, 0.717) is 5.69 Å². The Bertz CT molecular complexity index is 885. The third-order valence-electron chi connectivity index (χ3n) is 3.96. The number of Topliss-reactive ketones (excluding diaryl/α,β-unsaturated/α-hetero) is 1. The molecule has 2 aromatic carbocycles. The number of imidazole rings is 1. The molecule has 0 saturated heterocycles. The molecule has 0 radical (unpaired) electrons. The Morgan fingerprint density at radius 2 is 1.68 bits per heavy atom. The van der Waals surface area contributed by atoms with Gasteiger partial charge in [0.25, 0.3) is 0 Å². The van der Waals surface area contributed by atoms with Crippen LogP contribution in [0.3, 0.4) is 0 Å². The summed E-state index contributed by atoms with van der Waals surface area (Å²) in [6.45, 7) is 1.82. The monoisotopic (exact) mass is 344 g/mol. The molecular formula is C19H15F3N2O.